The number of halogens is 2. The third kappa shape index (κ3) is 3.61. The minimum atomic E-state index is -0.0988. The molecule has 0 amide bonds. The molecule has 0 unspecified atom stereocenters. The fourth-order valence-corrected chi connectivity index (χ4v) is 3.05. The Balaban J connectivity index is 1.83. The van der Waals surface area contributed by atoms with Crippen molar-refractivity contribution in [2.75, 3.05) is 0 Å². The zero-order chi connectivity index (χ0) is 17.1. The van der Waals surface area contributed by atoms with Gasteiger partial charge in [-0.15, -0.1) is 0 Å². The number of rotatable bonds is 5. The second-order valence-electron chi connectivity index (χ2n) is 5.38. The Morgan fingerprint density at radius 1 is 1.08 bits per heavy atom. The van der Waals surface area contributed by atoms with Crippen LogP contribution in [0.4, 0.5) is 0 Å². The first-order valence-corrected chi connectivity index (χ1v) is 8.34. The topological polar surface area (TPSA) is 59.2 Å². The summed E-state index contributed by atoms with van der Waals surface area (Å²) in [5.41, 5.74) is 2.28. The lowest BCUT2D eigenvalue weighted by Gasteiger charge is -2.08. The molecule has 6 heteroatoms. The molecule has 2 aromatic heterocycles. The number of hydrogen-bond acceptors (Lipinski definition) is 4. The number of aryl methyl sites for hydroxylation is 1. The average molecular weight is 363 g/mol. The summed E-state index contributed by atoms with van der Waals surface area (Å²) in [6, 6.07) is 7.19. The van der Waals surface area contributed by atoms with Crippen LogP contribution in [0, 0.1) is 0 Å². The average Bonchev–Trinajstić information content (AvgIpc) is 3.06. The second-order valence-corrected chi connectivity index (χ2v) is 6.19. The van der Waals surface area contributed by atoms with Crippen molar-refractivity contribution in [2.45, 2.75) is 26.4 Å². The van der Waals surface area contributed by atoms with E-state index in [1.165, 1.54) is 0 Å². The van der Waals surface area contributed by atoms with Crippen LogP contribution in [0.2, 0.25) is 10.0 Å². The van der Waals surface area contributed by atoms with Crippen molar-refractivity contribution >= 4 is 23.2 Å². The van der Waals surface area contributed by atoms with E-state index in [1.54, 1.807) is 24.5 Å². The Morgan fingerprint density at radius 3 is 2.33 bits per heavy atom. The van der Waals surface area contributed by atoms with E-state index >= 15 is 0 Å². The van der Waals surface area contributed by atoms with E-state index in [-0.39, 0.29) is 6.61 Å². The monoisotopic (exact) mass is 362 g/mol. The van der Waals surface area contributed by atoms with E-state index in [2.05, 4.69) is 9.97 Å². The zero-order valence-electron chi connectivity index (χ0n) is 13.1. The lowest BCUT2D eigenvalue weighted by Crippen LogP contribution is -1.93. The molecule has 0 bridgehead atoms. The van der Waals surface area contributed by atoms with Crippen LogP contribution in [0.25, 0.3) is 11.3 Å². The van der Waals surface area contributed by atoms with Crippen LogP contribution in [0.15, 0.2) is 41.1 Å². The van der Waals surface area contributed by atoms with Crippen LogP contribution in [0.5, 0.6) is 0 Å². The fraction of sp³-hybridized carbons (Fsp3) is 0.222. The molecule has 0 saturated carbocycles. The Labute approximate surface area is 150 Å². The molecular weight excluding hydrogens is 347 g/mol. The normalized spacial score (nSPS) is 11.0. The second kappa shape index (κ2) is 7.34. The molecule has 0 spiro atoms. The molecule has 0 aliphatic heterocycles. The molecule has 0 fully saturated rings. The molecule has 3 rings (SSSR count). The summed E-state index contributed by atoms with van der Waals surface area (Å²) >= 11 is 12.5. The SMILES string of the molecule is CCc1ncc(-c2ccc(Cc3c(Cl)cc(CO)cc3Cl)o2)cn1. The molecule has 0 radical (unpaired) electrons. The highest BCUT2D eigenvalue weighted by molar-refractivity contribution is 6.36. The van der Waals surface area contributed by atoms with E-state index < -0.39 is 0 Å². The molecular formula is C18H16Cl2N2O2. The Morgan fingerprint density at radius 2 is 1.75 bits per heavy atom. The van der Waals surface area contributed by atoms with E-state index in [0.29, 0.717) is 27.8 Å². The number of aliphatic hydroxyl groups is 1. The highest BCUT2D eigenvalue weighted by Crippen LogP contribution is 2.30. The quantitative estimate of drug-likeness (QED) is 0.715. The summed E-state index contributed by atoms with van der Waals surface area (Å²) in [5, 5.41) is 10.2. The van der Waals surface area contributed by atoms with Crippen molar-refractivity contribution < 1.29 is 9.52 Å². The van der Waals surface area contributed by atoms with Crippen molar-refractivity contribution in [3.8, 4) is 11.3 Å². The minimum Gasteiger partial charge on any atom is -0.461 e. The summed E-state index contributed by atoms with van der Waals surface area (Å²) in [7, 11) is 0. The van der Waals surface area contributed by atoms with Gasteiger partial charge < -0.3 is 9.52 Å². The van der Waals surface area contributed by atoms with E-state index in [1.807, 2.05) is 19.1 Å². The Hall–Kier alpha value is -1.88. The number of furan rings is 1. The number of benzene rings is 1. The largest absolute Gasteiger partial charge is 0.461 e. The van der Waals surface area contributed by atoms with Gasteiger partial charge in [-0.2, -0.15) is 0 Å². The van der Waals surface area contributed by atoms with Gasteiger partial charge in [0.1, 0.15) is 17.3 Å². The van der Waals surface area contributed by atoms with Gasteiger partial charge in [-0.3, -0.25) is 0 Å². The standard InChI is InChI=1S/C18H16Cl2N2O2/c1-2-18-21-8-12(9-22-18)17-4-3-13(24-17)7-14-15(19)5-11(10-23)6-16(14)20/h3-6,8-9,23H,2,7,10H2,1H3. The molecule has 0 aliphatic rings. The third-order valence-electron chi connectivity index (χ3n) is 3.70. The number of aromatic nitrogens is 2. The van der Waals surface area contributed by atoms with E-state index in [0.717, 1.165) is 29.1 Å². The third-order valence-corrected chi connectivity index (χ3v) is 4.38. The van der Waals surface area contributed by atoms with Gasteiger partial charge in [0.15, 0.2) is 0 Å². The van der Waals surface area contributed by atoms with Crippen molar-refractivity contribution in [2.24, 2.45) is 0 Å². The van der Waals surface area contributed by atoms with Crippen LogP contribution in [-0.4, -0.2) is 15.1 Å². The Bertz CT molecular complexity index is 821. The Kier molecular flexibility index (Phi) is 5.19. The van der Waals surface area contributed by atoms with Gasteiger partial charge in [-0.25, -0.2) is 9.97 Å². The highest BCUT2D eigenvalue weighted by Gasteiger charge is 2.12. The molecule has 24 heavy (non-hydrogen) atoms. The van der Waals surface area contributed by atoms with Crippen molar-refractivity contribution in [1.82, 2.24) is 9.97 Å². The van der Waals surface area contributed by atoms with Gasteiger partial charge in [0.05, 0.1) is 12.2 Å². The molecule has 1 aromatic carbocycles. The van der Waals surface area contributed by atoms with Gasteiger partial charge in [0, 0.05) is 35.3 Å². The van der Waals surface area contributed by atoms with Crippen LogP contribution in [-0.2, 0) is 19.4 Å². The summed E-state index contributed by atoms with van der Waals surface area (Å²) in [6.07, 6.45) is 4.77. The van der Waals surface area contributed by atoms with Crippen LogP contribution in [0.3, 0.4) is 0 Å². The first kappa shape index (κ1) is 17.0. The number of hydrogen-bond donors (Lipinski definition) is 1. The lowest BCUT2D eigenvalue weighted by molar-refractivity contribution is 0.282. The highest BCUT2D eigenvalue weighted by atomic mass is 35.5. The maximum Gasteiger partial charge on any atom is 0.137 e. The van der Waals surface area contributed by atoms with Gasteiger partial charge in [-0.1, -0.05) is 30.1 Å². The van der Waals surface area contributed by atoms with Crippen LogP contribution >= 0.6 is 23.2 Å². The molecule has 0 aliphatic carbocycles. The van der Waals surface area contributed by atoms with Crippen molar-refractivity contribution in [3.05, 3.63) is 69.4 Å². The summed E-state index contributed by atoms with van der Waals surface area (Å²) in [4.78, 5) is 8.55. The summed E-state index contributed by atoms with van der Waals surface area (Å²) in [5.74, 6) is 2.24. The summed E-state index contributed by atoms with van der Waals surface area (Å²) < 4.78 is 5.87. The minimum absolute atomic E-state index is 0.0988. The van der Waals surface area contributed by atoms with Gasteiger partial charge in [0.2, 0.25) is 0 Å². The van der Waals surface area contributed by atoms with Gasteiger partial charge in [0.25, 0.3) is 0 Å². The van der Waals surface area contributed by atoms with Gasteiger partial charge >= 0.3 is 0 Å². The zero-order valence-corrected chi connectivity index (χ0v) is 14.6. The lowest BCUT2D eigenvalue weighted by atomic mass is 10.1. The van der Waals surface area contributed by atoms with E-state index in [9.17, 15) is 5.11 Å². The first-order chi connectivity index (χ1) is 11.6. The number of aliphatic hydroxyl groups excluding tert-OH is 1. The van der Waals surface area contributed by atoms with E-state index in [4.69, 9.17) is 27.6 Å². The molecule has 2 heterocycles. The van der Waals surface area contributed by atoms with Crippen LogP contribution in [0.1, 0.15) is 29.6 Å². The van der Waals surface area contributed by atoms with Crippen molar-refractivity contribution in [3.63, 3.8) is 0 Å². The van der Waals surface area contributed by atoms with Crippen LogP contribution < -0.4 is 0 Å². The molecule has 0 atom stereocenters. The van der Waals surface area contributed by atoms with Crippen molar-refractivity contribution in [1.29, 1.82) is 0 Å². The first-order valence-electron chi connectivity index (χ1n) is 7.58. The summed E-state index contributed by atoms with van der Waals surface area (Å²) in [6.45, 7) is 1.91. The van der Waals surface area contributed by atoms with Gasteiger partial charge in [-0.05, 0) is 35.4 Å². The molecule has 3 aromatic rings. The predicted octanol–water partition coefficient (Wildman–Crippen LogP) is 4.69. The molecule has 4 nitrogen and oxygen atoms in total. The molecule has 0 saturated heterocycles. The maximum absolute atomic E-state index is 9.19. The smallest absolute Gasteiger partial charge is 0.137 e. The fourth-order valence-electron chi connectivity index (χ4n) is 2.38. The maximum atomic E-state index is 9.19. The predicted molar refractivity (Wildman–Crippen MR) is 94.3 cm³/mol. The molecule has 1 N–H and O–H groups in total. The molecule has 124 valence electrons. The number of nitrogens with zero attached hydrogens (tertiary/aromatic N) is 2.